The van der Waals surface area contributed by atoms with Gasteiger partial charge in [0.2, 0.25) is 10.0 Å². The van der Waals surface area contributed by atoms with Crippen molar-refractivity contribution < 1.29 is 23.1 Å². The van der Waals surface area contributed by atoms with E-state index in [1.165, 1.54) is 9.21 Å². The molecule has 1 aromatic rings. The van der Waals surface area contributed by atoms with E-state index in [9.17, 15) is 23.1 Å². The Labute approximate surface area is 156 Å². The number of carboxylic acid groups (broad SMARTS) is 1. The number of carboxylic acids is 1. The van der Waals surface area contributed by atoms with Crippen LogP contribution in [0.3, 0.4) is 0 Å². The van der Waals surface area contributed by atoms with Gasteiger partial charge in [-0.1, -0.05) is 17.7 Å². The third kappa shape index (κ3) is 2.71. The third-order valence-corrected chi connectivity index (χ3v) is 8.24. The van der Waals surface area contributed by atoms with E-state index in [1.54, 1.807) is 24.3 Å². The lowest BCUT2D eigenvalue weighted by molar-refractivity contribution is -0.142. The van der Waals surface area contributed by atoms with E-state index in [0.717, 1.165) is 0 Å². The quantitative estimate of drug-likeness (QED) is 0.827. The van der Waals surface area contributed by atoms with E-state index >= 15 is 0 Å². The molecule has 2 bridgehead atoms. The van der Waals surface area contributed by atoms with Crippen molar-refractivity contribution in [2.75, 3.05) is 13.1 Å². The van der Waals surface area contributed by atoms with E-state index in [-0.39, 0.29) is 25.0 Å². The summed E-state index contributed by atoms with van der Waals surface area (Å²) in [6.07, 6.45) is 1.70. The largest absolute Gasteiger partial charge is 0.481 e. The van der Waals surface area contributed by atoms with Crippen molar-refractivity contribution in [3.63, 3.8) is 0 Å². The molecule has 3 unspecified atom stereocenters. The van der Waals surface area contributed by atoms with Crippen LogP contribution in [-0.2, 0) is 14.8 Å². The first kappa shape index (κ1) is 17.8. The van der Waals surface area contributed by atoms with Gasteiger partial charge in [-0.15, -0.1) is 0 Å². The average molecular weight is 399 g/mol. The van der Waals surface area contributed by atoms with Crippen LogP contribution in [0.25, 0.3) is 0 Å². The van der Waals surface area contributed by atoms with Gasteiger partial charge in [0.1, 0.15) is 5.25 Å². The minimum atomic E-state index is -3.61. The minimum Gasteiger partial charge on any atom is -0.481 e. The standard InChI is InChI=1S/C17H19ClN2O5S/c18-11-3-1-2-10(6-11)16(21)19-8-13(9-19)26(24,25)20-12-4-5-15(20)14(7-12)17(22)23/h1-3,6,12-15H,4-5,7-9H2,(H,22,23). The number of sulfonamides is 1. The predicted molar refractivity (Wildman–Crippen MR) is 94.5 cm³/mol. The molecule has 1 amide bonds. The summed E-state index contributed by atoms with van der Waals surface area (Å²) in [5.41, 5.74) is 0.431. The molecule has 3 atom stereocenters. The highest BCUT2D eigenvalue weighted by Crippen LogP contribution is 2.45. The number of aliphatic carboxylic acids is 1. The Bertz CT molecular complexity index is 868. The third-order valence-electron chi connectivity index (χ3n) is 5.71. The van der Waals surface area contributed by atoms with Gasteiger partial charge in [0.15, 0.2) is 0 Å². The Morgan fingerprint density at radius 3 is 2.54 bits per heavy atom. The van der Waals surface area contributed by atoms with Crippen molar-refractivity contribution in [2.24, 2.45) is 5.92 Å². The molecule has 0 aliphatic carbocycles. The summed E-state index contributed by atoms with van der Waals surface area (Å²) in [6.45, 7) is 0.253. The van der Waals surface area contributed by atoms with Crippen molar-refractivity contribution in [1.29, 1.82) is 0 Å². The zero-order chi connectivity index (χ0) is 18.6. The molecule has 1 N–H and O–H groups in total. The van der Waals surface area contributed by atoms with Crippen LogP contribution in [0.5, 0.6) is 0 Å². The van der Waals surface area contributed by atoms with E-state index in [1.807, 2.05) is 0 Å². The Morgan fingerprint density at radius 2 is 1.92 bits per heavy atom. The Kier molecular flexibility index (Phi) is 4.24. The highest BCUT2D eigenvalue weighted by atomic mass is 35.5. The Balaban J connectivity index is 1.45. The molecule has 3 heterocycles. The predicted octanol–water partition coefficient (Wildman–Crippen LogP) is 1.43. The fraction of sp³-hybridized carbons (Fsp3) is 0.529. The highest BCUT2D eigenvalue weighted by Gasteiger charge is 2.57. The van der Waals surface area contributed by atoms with Gasteiger partial charge in [-0.25, -0.2) is 8.42 Å². The number of halogens is 1. The van der Waals surface area contributed by atoms with Gasteiger partial charge >= 0.3 is 5.97 Å². The van der Waals surface area contributed by atoms with Gasteiger partial charge in [-0.05, 0) is 37.5 Å². The highest BCUT2D eigenvalue weighted by molar-refractivity contribution is 7.89. The summed E-state index contributed by atoms with van der Waals surface area (Å²) in [5, 5.41) is 9.09. The Hall–Kier alpha value is -1.64. The molecule has 0 aromatic heterocycles. The van der Waals surface area contributed by atoms with Gasteiger partial charge in [0.25, 0.3) is 5.91 Å². The first-order valence-electron chi connectivity index (χ1n) is 8.59. The molecule has 3 aliphatic heterocycles. The van der Waals surface area contributed by atoms with Gasteiger partial charge in [-0.2, -0.15) is 4.31 Å². The number of hydrogen-bond donors (Lipinski definition) is 1. The number of carbonyl (C=O) groups excluding carboxylic acids is 1. The number of nitrogens with zero attached hydrogens (tertiary/aromatic N) is 2. The topological polar surface area (TPSA) is 95.0 Å². The molecule has 140 valence electrons. The van der Waals surface area contributed by atoms with E-state index < -0.39 is 33.2 Å². The van der Waals surface area contributed by atoms with Crippen LogP contribution in [-0.4, -0.2) is 65.0 Å². The average Bonchev–Trinajstić information content (AvgIpc) is 3.11. The lowest BCUT2D eigenvalue weighted by Gasteiger charge is -2.41. The van der Waals surface area contributed by atoms with Crippen molar-refractivity contribution in [3.05, 3.63) is 34.9 Å². The number of amides is 1. The molecular weight excluding hydrogens is 380 g/mol. The van der Waals surface area contributed by atoms with Crippen LogP contribution in [0.2, 0.25) is 5.02 Å². The SMILES string of the molecule is O=C(O)C1CC2CCC1N2S(=O)(=O)C1CN(C(=O)c2cccc(Cl)c2)C1. The van der Waals surface area contributed by atoms with Crippen LogP contribution in [0, 0.1) is 5.92 Å². The maximum Gasteiger partial charge on any atom is 0.308 e. The first-order chi connectivity index (χ1) is 12.3. The van der Waals surface area contributed by atoms with Crippen molar-refractivity contribution in [2.45, 2.75) is 36.6 Å². The van der Waals surface area contributed by atoms with E-state index in [2.05, 4.69) is 0 Å². The number of fused-ring (bicyclic) bond motifs is 2. The van der Waals surface area contributed by atoms with Crippen molar-refractivity contribution >= 4 is 33.5 Å². The number of hydrogen-bond acceptors (Lipinski definition) is 4. The van der Waals surface area contributed by atoms with Gasteiger partial charge in [0.05, 0.1) is 5.92 Å². The molecule has 3 saturated heterocycles. The summed E-state index contributed by atoms with van der Waals surface area (Å²) >= 11 is 5.90. The molecule has 9 heteroatoms. The fourth-order valence-corrected chi connectivity index (χ4v) is 6.88. The maximum absolute atomic E-state index is 13.0. The van der Waals surface area contributed by atoms with Crippen LogP contribution in [0.1, 0.15) is 29.6 Å². The summed E-state index contributed by atoms with van der Waals surface area (Å²) < 4.78 is 27.4. The molecule has 7 nitrogen and oxygen atoms in total. The first-order valence-corrected chi connectivity index (χ1v) is 10.5. The van der Waals surface area contributed by atoms with Gasteiger partial charge in [0, 0.05) is 35.8 Å². The van der Waals surface area contributed by atoms with E-state index in [4.69, 9.17) is 11.6 Å². The summed E-state index contributed by atoms with van der Waals surface area (Å²) in [6, 6.07) is 5.89. The lowest BCUT2D eigenvalue weighted by Crippen LogP contribution is -2.60. The molecule has 3 aliphatic rings. The van der Waals surface area contributed by atoms with E-state index in [0.29, 0.717) is 29.8 Å². The van der Waals surface area contributed by atoms with Crippen LogP contribution < -0.4 is 0 Å². The van der Waals surface area contributed by atoms with Gasteiger partial charge < -0.3 is 10.0 Å². The molecule has 4 rings (SSSR count). The molecule has 0 spiro atoms. The van der Waals surface area contributed by atoms with Crippen LogP contribution in [0.15, 0.2) is 24.3 Å². The molecule has 0 radical (unpaired) electrons. The summed E-state index contributed by atoms with van der Waals surface area (Å²) in [5.74, 6) is -1.79. The summed E-state index contributed by atoms with van der Waals surface area (Å²) in [7, 11) is -3.61. The number of benzene rings is 1. The lowest BCUT2D eigenvalue weighted by atomic mass is 9.89. The number of likely N-dealkylation sites (tertiary alicyclic amines) is 1. The van der Waals surface area contributed by atoms with Crippen LogP contribution >= 0.6 is 11.6 Å². The van der Waals surface area contributed by atoms with Crippen LogP contribution in [0.4, 0.5) is 0 Å². The minimum absolute atomic E-state index is 0.126. The second-order valence-corrected chi connectivity index (χ2v) is 9.75. The molecular formula is C17H19ClN2O5S. The molecule has 1 aromatic carbocycles. The maximum atomic E-state index is 13.0. The van der Waals surface area contributed by atoms with Crippen molar-refractivity contribution in [3.8, 4) is 0 Å². The molecule has 0 saturated carbocycles. The number of carbonyl (C=O) groups is 2. The zero-order valence-electron chi connectivity index (χ0n) is 13.9. The second-order valence-electron chi connectivity index (χ2n) is 7.20. The zero-order valence-corrected chi connectivity index (χ0v) is 15.5. The smallest absolute Gasteiger partial charge is 0.308 e. The fourth-order valence-electron chi connectivity index (χ4n) is 4.37. The monoisotopic (exact) mass is 398 g/mol. The van der Waals surface area contributed by atoms with Gasteiger partial charge in [-0.3, -0.25) is 9.59 Å². The Morgan fingerprint density at radius 1 is 1.19 bits per heavy atom. The molecule has 3 fully saturated rings. The summed E-state index contributed by atoms with van der Waals surface area (Å²) in [4.78, 5) is 25.3. The van der Waals surface area contributed by atoms with Crippen molar-refractivity contribution in [1.82, 2.24) is 9.21 Å². The molecule has 26 heavy (non-hydrogen) atoms. The normalized spacial score (nSPS) is 29.0. The second kappa shape index (κ2) is 6.21. The number of rotatable bonds is 4.